The molecule has 0 radical (unpaired) electrons. The summed E-state index contributed by atoms with van der Waals surface area (Å²) in [5.74, 6) is -1.29. The molecule has 110 valence electrons. The number of nitrogens with zero attached hydrogens (tertiary/aromatic N) is 1. The number of nitrogens with two attached hydrogens (primary N) is 1. The lowest BCUT2D eigenvalue weighted by molar-refractivity contribution is 0.0698. The first kappa shape index (κ1) is 14.6. The normalized spacial score (nSPS) is 19.1. The fourth-order valence-electron chi connectivity index (χ4n) is 2.66. The first-order valence-corrected chi connectivity index (χ1v) is 6.59. The Morgan fingerprint density at radius 1 is 1.60 bits per heavy atom. The maximum atomic E-state index is 14.0. The van der Waals surface area contributed by atoms with Gasteiger partial charge >= 0.3 is 5.97 Å². The average Bonchev–Trinajstić information content (AvgIpc) is 2.39. The molecule has 2 rings (SSSR count). The fourth-order valence-corrected chi connectivity index (χ4v) is 2.66. The molecule has 0 bridgehead atoms. The zero-order valence-electron chi connectivity index (χ0n) is 11.4. The maximum Gasteiger partial charge on any atom is 0.337 e. The van der Waals surface area contributed by atoms with E-state index in [1.54, 1.807) is 7.11 Å². The van der Waals surface area contributed by atoms with Crippen LogP contribution in [0.1, 0.15) is 23.2 Å². The molecule has 0 aliphatic carbocycles. The van der Waals surface area contributed by atoms with Crippen molar-refractivity contribution >= 4 is 17.3 Å². The Kier molecular flexibility index (Phi) is 4.44. The number of methoxy groups -OCH3 is 1. The molecule has 1 saturated heterocycles. The number of nitrogen functional groups attached to an aromatic ring is 1. The number of benzene rings is 1. The molecule has 1 heterocycles. The molecule has 1 unspecified atom stereocenters. The predicted octanol–water partition coefficient (Wildman–Crippen LogP) is 1.97. The van der Waals surface area contributed by atoms with Gasteiger partial charge in [0.15, 0.2) is 0 Å². The average molecular weight is 282 g/mol. The first-order chi connectivity index (χ1) is 9.52. The molecule has 1 fully saturated rings. The molecule has 3 N–H and O–H groups in total. The minimum Gasteiger partial charge on any atom is -0.478 e. The van der Waals surface area contributed by atoms with Crippen molar-refractivity contribution in [3.8, 4) is 0 Å². The van der Waals surface area contributed by atoms with E-state index < -0.39 is 11.8 Å². The summed E-state index contributed by atoms with van der Waals surface area (Å²) >= 11 is 0. The van der Waals surface area contributed by atoms with Gasteiger partial charge in [-0.1, -0.05) is 0 Å². The smallest absolute Gasteiger partial charge is 0.337 e. The second kappa shape index (κ2) is 6.09. The number of carboxylic acids is 1. The standard InChI is InChI=1S/C14H19FN2O3/c1-20-8-9-3-2-4-17(7-9)13-5-10(14(18)19)12(16)6-11(13)15/h5-6,9H,2-4,7-8,16H2,1H3,(H,18,19). The van der Waals surface area contributed by atoms with E-state index in [2.05, 4.69) is 0 Å². The third-order valence-electron chi connectivity index (χ3n) is 3.61. The quantitative estimate of drug-likeness (QED) is 0.826. The fraction of sp³-hybridized carbons (Fsp3) is 0.500. The Hall–Kier alpha value is -1.82. The van der Waals surface area contributed by atoms with Crippen LogP contribution in [0, 0.1) is 11.7 Å². The van der Waals surface area contributed by atoms with Crippen LogP contribution in [-0.2, 0) is 4.74 Å². The lowest BCUT2D eigenvalue weighted by atomic mass is 9.98. The zero-order valence-corrected chi connectivity index (χ0v) is 11.4. The van der Waals surface area contributed by atoms with E-state index in [-0.39, 0.29) is 11.3 Å². The van der Waals surface area contributed by atoms with E-state index in [1.807, 2.05) is 4.90 Å². The summed E-state index contributed by atoms with van der Waals surface area (Å²) in [6.07, 6.45) is 1.97. The van der Waals surface area contributed by atoms with Gasteiger partial charge in [-0.3, -0.25) is 0 Å². The van der Waals surface area contributed by atoms with Gasteiger partial charge in [0.05, 0.1) is 17.9 Å². The number of rotatable bonds is 4. The molecule has 5 nitrogen and oxygen atoms in total. The third kappa shape index (κ3) is 3.01. The Bertz CT molecular complexity index is 505. The molecule has 1 aromatic carbocycles. The number of aromatic carboxylic acids is 1. The van der Waals surface area contributed by atoms with Crippen LogP contribution in [-0.4, -0.2) is 37.9 Å². The van der Waals surface area contributed by atoms with Crippen molar-refractivity contribution in [1.82, 2.24) is 0 Å². The molecule has 6 heteroatoms. The van der Waals surface area contributed by atoms with Crippen molar-refractivity contribution < 1.29 is 19.0 Å². The Morgan fingerprint density at radius 2 is 2.35 bits per heavy atom. The SMILES string of the molecule is COCC1CCCN(c2cc(C(=O)O)c(N)cc2F)C1. The maximum absolute atomic E-state index is 14.0. The number of hydrogen-bond donors (Lipinski definition) is 2. The van der Waals surface area contributed by atoms with E-state index in [4.69, 9.17) is 15.6 Å². The van der Waals surface area contributed by atoms with Gasteiger partial charge in [0.2, 0.25) is 0 Å². The van der Waals surface area contributed by atoms with Gasteiger partial charge in [0.25, 0.3) is 0 Å². The van der Waals surface area contributed by atoms with Crippen LogP contribution in [0.25, 0.3) is 0 Å². The Labute approximate surface area is 117 Å². The number of carboxylic acid groups (broad SMARTS) is 1. The molecular formula is C14H19FN2O3. The molecule has 1 atom stereocenters. The van der Waals surface area contributed by atoms with Gasteiger partial charge in [-0.25, -0.2) is 9.18 Å². The van der Waals surface area contributed by atoms with Gasteiger partial charge in [0, 0.05) is 25.9 Å². The van der Waals surface area contributed by atoms with Crippen LogP contribution in [0.15, 0.2) is 12.1 Å². The molecule has 1 aliphatic rings. The summed E-state index contributed by atoms with van der Waals surface area (Å²) in [6, 6.07) is 2.40. The number of anilines is 2. The van der Waals surface area contributed by atoms with Crippen LogP contribution in [0.2, 0.25) is 0 Å². The molecule has 0 spiro atoms. The molecule has 20 heavy (non-hydrogen) atoms. The summed E-state index contributed by atoms with van der Waals surface area (Å²) in [7, 11) is 1.64. The van der Waals surface area contributed by atoms with Gasteiger partial charge in [0.1, 0.15) is 5.82 Å². The monoisotopic (exact) mass is 282 g/mol. The van der Waals surface area contributed by atoms with Gasteiger partial charge in [-0.15, -0.1) is 0 Å². The Balaban J connectivity index is 2.27. The summed E-state index contributed by atoms with van der Waals surface area (Å²) in [5.41, 5.74) is 5.73. The van der Waals surface area contributed by atoms with E-state index in [0.29, 0.717) is 31.3 Å². The van der Waals surface area contributed by atoms with Crippen molar-refractivity contribution in [2.75, 3.05) is 37.4 Å². The molecule has 0 amide bonds. The Morgan fingerprint density at radius 3 is 3.00 bits per heavy atom. The lowest BCUT2D eigenvalue weighted by Gasteiger charge is -2.34. The van der Waals surface area contributed by atoms with E-state index in [1.165, 1.54) is 6.07 Å². The highest BCUT2D eigenvalue weighted by Crippen LogP contribution is 2.29. The zero-order chi connectivity index (χ0) is 14.7. The van der Waals surface area contributed by atoms with Crippen molar-refractivity contribution in [2.45, 2.75) is 12.8 Å². The minimum atomic E-state index is -1.14. The van der Waals surface area contributed by atoms with Crippen LogP contribution in [0.4, 0.5) is 15.8 Å². The summed E-state index contributed by atoms with van der Waals surface area (Å²) < 4.78 is 19.2. The highest BCUT2D eigenvalue weighted by atomic mass is 19.1. The number of ether oxygens (including phenoxy) is 1. The van der Waals surface area contributed by atoms with Crippen LogP contribution in [0.5, 0.6) is 0 Å². The second-order valence-electron chi connectivity index (χ2n) is 5.11. The number of halogens is 1. The van der Waals surface area contributed by atoms with Crippen molar-refractivity contribution in [1.29, 1.82) is 0 Å². The summed E-state index contributed by atoms with van der Waals surface area (Å²) in [4.78, 5) is 13.0. The minimum absolute atomic E-state index is 0.0517. The number of carbonyl (C=O) groups is 1. The lowest BCUT2D eigenvalue weighted by Crippen LogP contribution is -2.37. The van der Waals surface area contributed by atoms with Crippen molar-refractivity contribution in [3.63, 3.8) is 0 Å². The summed E-state index contributed by atoms with van der Waals surface area (Å²) in [6.45, 7) is 1.99. The third-order valence-corrected chi connectivity index (χ3v) is 3.61. The van der Waals surface area contributed by atoms with Crippen LogP contribution in [0.3, 0.4) is 0 Å². The molecular weight excluding hydrogens is 263 g/mol. The summed E-state index contributed by atoms with van der Waals surface area (Å²) in [5, 5.41) is 9.07. The molecule has 1 aromatic rings. The molecule has 1 aliphatic heterocycles. The topological polar surface area (TPSA) is 75.8 Å². The van der Waals surface area contributed by atoms with E-state index in [9.17, 15) is 9.18 Å². The van der Waals surface area contributed by atoms with Crippen LogP contribution < -0.4 is 10.6 Å². The molecule has 0 aromatic heterocycles. The van der Waals surface area contributed by atoms with Crippen LogP contribution >= 0.6 is 0 Å². The largest absolute Gasteiger partial charge is 0.478 e. The number of hydrogen-bond acceptors (Lipinski definition) is 4. The van der Waals surface area contributed by atoms with E-state index >= 15 is 0 Å². The van der Waals surface area contributed by atoms with Gasteiger partial charge in [-0.05, 0) is 30.9 Å². The number of piperidine rings is 1. The van der Waals surface area contributed by atoms with E-state index in [0.717, 1.165) is 18.9 Å². The van der Waals surface area contributed by atoms with Gasteiger partial charge in [-0.2, -0.15) is 0 Å². The highest BCUT2D eigenvalue weighted by molar-refractivity contribution is 5.95. The highest BCUT2D eigenvalue weighted by Gasteiger charge is 2.24. The van der Waals surface area contributed by atoms with Crippen molar-refractivity contribution in [3.05, 3.63) is 23.5 Å². The first-order valence-electron chi connectivity index (χ1n) is 6.59. The second-order valence-corrected chi connectivity index (χ2v) is 5.11. The van der Waals surface area contributed by atoms with Crippen molar-refractivity contribution in [2.24, 2.45) is 5.92 Å². The predicted molar refractivity (Wildman–Crippen MR) is 74.6 cm³/mol. The molecule has 0 saturated carbocycles. The van der Waals surface area contributed by atoms with Gasteiger partial charge < -0.3 is 20.5 Å².